The van der Waals surface area contributed by atoms with Gasteiger partial charge in [0.2, 0.25) is 4.96 Å². The predicted octanol–water partition coefficient (Wildman–Crippen LogP) is 1.50. The fraction of sp³-hybridized carbons (Fsp3) is 0.308. The number of methoxy groups -OCH3 is 1. The smallest absolute Gasteiger partial charge is 0.234 e. The van der Waals surface area contributed by atoms with Crippen LogP contribution in [0.1, 0.15) is 11.4 Å². The van der Waals surface area contributed by atoms with Gasteiger partial charge < -0.3 is 10.5 Å². The number of hydrogen-bond acceptors (Lipinski definition) is 6. The van der Waals surface area contributed by atoms with E-state index in [1.165, 1.54) is 11.3 Å². The van der Waals surface area contributed by atoms with E-state index in [9.17, 15) is 0 Å². The first kappa shape index (κ1) is 13.2. The Hall–Kier alpha value is -1.83. The van der Waals surface area contributed by atoms with Gasteiger partial charge in [-0.1, -0.05) is 35.6 Å². The lowest BCUT2D eigenvalue weighted by Gasteiger charge is -1.98. The maximum atomic E-state index is 5.60. The van der Waals surface area contributed by atoms with Crippen molar-refractivity contribution in [2.45, 2.75) is 13.0 Å². The lowest BCUT2D eigenvalue weighted by Crippen LogP contribution is -2.01. The van der Waals surface area contributed by atoms with Crippen molar-refractivity contribution in [2.75, 3.05) is 13.7 Å². The fourth-order valence-electron chi connectivity index (χ4n) is 1.91. The Kier molecular flexibility index (Phi) is 3.72. The molecule has 2 N–H and O–H groups in total. The Morgan fingerprint density at radius 2 is 2.05 bits per heavy atom. The highest BCUT2D eigenvalue weighted by Gasteiger charge is 2.12. The van der Waals surface area contributed by atoms with Crippen molar-refractivity contribution in [3.8, 4) is 10.6 Å². The van der Waals surface area contributed by atoms with Gasteiger partial charge in [0.05, 0.1) is 6.61 Å². The average Bonchev–Trinajstić information content (AvgIpc) is 3.06. The van der Waals surface area contributed by atoms with Crippen molar-refractivity contribution in [1.29, 1.82) is 0 Å². The monoisotopic (exact) mass is 289 g/mol. The van der Waals surface area contributed by atoms with Gasteiger partial charge in [-0.05, 0) is 5.56 Å². The number of nitrogens with two attached hydrogens (primary N) is 1. The third-order valence-electron chi connectivity index (χ3n) is 3.02. The average molecular weight is 289 g/mol. The van der Waals surface area contributed by atoms with Crippen molar-refractivity contribution in [1.82, 2.24) is 19.8 Å². The van der Waals surface area contributed by atoms with E-state index in [-0.39, 0.29) is 0 Å². The topological polar surface area (TPSA) is 78.3 Å². The van der Waals surface area contributed by atoms with E-state index in [4.69, 9.17) is 10.5 Å². The van der Waals surface area contributed by atoms with Crippen LogP contribution in [0.3, 0.4) is 0 Å². The number of ether oxygens (including phenoxy) is 1. The molecule has 0 atom stereocenters. The van der Waals surface area contributed by atoms with Crippen LogP contribution in [0, 0.1) is 0 Å². The van der Waals surface area contributed by atoms with Crippen LogP contribution >= 0.6 is 11.3 Å². The molecule has 0 aliphatic rings. The second kappa shape index (κ2) is 5.66. The van der Waals surface area contributed by atoms with Crippen LogP contribution in [0.5, 0.6) is 0 Å². The van der Waals surface area contributed by atoms with Crippen molar-refractivity contribution in [2.24, 2.45) is 5.73 Å². The summed E-state index contributed by atoms with van der Waals surface area (Å²) in [6.45, 7) is 1.16. The Morgan fingerprint density at radius 3 is 2.75 bits per heavy atom. The summed E-state index contributed by atoms with van der Waals surface area (Å²) >= 11 is 1.52. The van der Waals surface area contributed by atoms with Crippen molar-refractivity contribution in [3.63, 3.8) is 0 Å². The van der Waals surface area contributed by atoms with Gasteiger partial charge in [-0.3, -0.25) is 0 Å². The third-order valence-corrected chi connectivity index (χ3v) is 3.97. The molecule has 20 heavy (non-hydrogen) atoms. The summed E-state index contributed by atoms with van der Waals surface area (Å²) in [5.41, 5.74) is 7.78. The summed E-state index contributed by atoms with van der Waals surface area (Å²) in [7, 11) is 1.67. The second-order valence-corrected chi connectivity index (χ2v) is 5.32. The largest absolute Gasteiger partial charge is 0.384 e. The lowest BCUT2D eigenvalue weighted by molar-refractivity contribution is 0.200. The van der Waals surface area contributed by atoms with Crippen LogP contribution in [-0.2, 0) is 17.7 Å². The SMILES string of the molecule is COCCc1nnc2sc(-c3ccc(CN)cc3)nn12. The van der Waals surface area contributed by atoms with E-state index >= 15 is 0 Å². The molecule has 0 aliphatic heterocycles. The first-order chi connectivity index (χ1) is 9.81. The van der Waals surface area contributed by atoms with Crippen molar-refractivity contribution >= 4 is 16.3 Å². The van der Waals surface area contributed by atoms with Crippen molar-refractivity contribution in [3.05, 3.63) is 35.7 Å². The second-order valence-electron chi connectivity index (χ2n) is 4.36. The minimum Gasteiger partial charge on any atom is -0.384 e. The molecule has 0 amide bonds. The molecular weight excluding hydrogens is 274 g/mol. The summed E-state index contributed by atoms with van der Waals surface area (Å²) in [6.07, 6.45) is 0.701. The van der Waals surface area contributed by atoms with Gasteiger partial charge in [0.15, 0.2) is 5.82 Å². The third kappa shape index (κ3) is 2.43. The molecule has 3 rings (SSSR count). The van der Waals surface area contributed by atoms with Gasteiger partial charge >= 0.3 is 0 Å². The molecule has 104 valence electrons. The van der Waals surface area contributed by atoms with E-state index in [2.05, 4.69) is 15.3 Å². The van der Waals surface area contributed by atoms with Crippen LogP contribution in [0.4, 0.5) is 0 Å². The predicted molar refractivity (Wildman–Crippen MR) is 77.6 cm³/mol. The van der Waals surface area contributed by atoms with Crippen LogP contribution in [0.25, 0.3) is 15.5 Å². The highest BCUT2D eigenvalue weighted by molar-refractivity contribution is 7.19. The summed E-state index contributed by atoms with van der Waals surface area (Å²) < 4.78 is 6.85. The molecule has 0 fully saturated rings. The number of rotatable bonds is 5. The van der Waals surface area contributed by atoms with Crippen LogP contribution in [0.15, 0.2) is 24.3 Å². The first-order valence-electron chi connectivity index (χ1n) is 6.31. The fourth-order valence-corrected chi connectivity index (χ4v) is 2.77. The van der Waals surface area contributed by atoms with E-state index in [0.717, 1.165) is 26.9 Å². The van der Waals surface area contributed by atoms with Gasteiger partial charge in [-0.15, -0.1) is 10.2 Å². The van der Waals surface area contributed by atoms with Gasteiger partial charge in [0, 0.05) is 25.6 Å². The maximum Gasteiger partial charge on any atom is 0.234 e. The minimum atomic E-state index is 0.548. The summed E-state index contributed by atoms with van der Waals surface area (Å²) in [5.74, 6) is 0.822. The van der Waals surface area contributed by atoms with Gasteiger partial charge in [0.25, 0.3) is 0 Å². The number of aromatic nitrogens is 4. The molecule has 3 aromatic rings. The Balaban J connectivity index is 1.93. The van der Waals surface area contributed by atoms with Gasteiger partial charge in [-0.2, -0.15) is 9.61 Å². The quantitative estimate of drug-likeness (QED) is 0.770. The van der Waals surface area contributed by atoms with E-state index in [1.807, 2.05) is 24.3 Å². The molecule has 0 saturated carbocycles. The normalized spacial score (nSPS) is 11.3. The van der Waals surface area contributed by atoms with E-state index in [0.29, 0.717) is 19.6 Å². The maximum absolute atomic E-state index is 5.60. The summed E-state index contributed by atoms with van der Waals surface area (Å²) in [6, 6.07) is 8.10. The van der Waals surface area contributed by atoms with E-state index < -0.39 is 0 Å². The molecule has 0 aliphatic carbocycles. The number of benzene rings is 1. The Bertz CT molecular complexity index is 703. The molecule has 0 bridgehead atoms. The molecule has 0 spiro atoms. The molecule has 6 nitrogen and oxygen atoms in total. The molecule has 0 radical (unpaired) electrons. The highest BCUT2D eigenvalue weighted by atomic mass is 32.1. The molecule has 2 aromatic heterocycles. The van der Waals surface area contributed by atoms with Crippen molar-refractivity contribution < 1.29 is 4.74 Å². The Morgan fingerprint density at radius 1 is 1.25 bits per heavy atom. The molecular formula is C13H15N5OS. The molecule has 0 unspecified atom stereocenters. The zero-order valence-electron chi connectivity index (χ0n) is 11.1. The van der Waals surface area contributed by atoms with Gasteiger partial charge in [-0.25, -0.2) is 0 Å². The standard InChI is InChI=1S/C13H15N5OS/c1-19-7-6-11-15-16-13-18(11)17-12(20-13)10-4-2-9(8-14)3-5-10/h2-5H,6-8,14H2,1H3. The van der Waals surface area contributed by atoms with E-state index in [1.54, 1.807) is 11.6 Å². The molecule has 2 heterocycles. The Labute approximate surface area is 120 Å². The molecule has 7 heteroatoms. The summed E-state index contributed by atoms with van der Waals surface area (Å²) in [4.78, 5) is 0.800. The minimum absolute atomic E-state index is 0.548. The number of nitrogens with zero attached hydrogens (tertiary/aromatic N) is 4. The number of hydrogen-bond donors (Lipinski definition) is 1. The van der Waals surface area contributed by atoms with Crippen LogP contribution < -0.4 is 5.73 Å². The lowest BCUT2D eigenvalue weighted by atomic mass is 10.1. The molecule has 1 aromatic carbocycles. The highest BCUT2D eigenvalue weighted by Crippen LogP contribution is 2.25. The first-order valence-corrected chi connectivity index (χ1v) is 7.13. The van der Waals surface area contributed by atoms with Crippen LogP contribution in [0.2, 0.25) is 0 Å². The van der Waals surface area contributed by atoms with Crippen LogP contribution in [-0.4, -0.2) is 33.5 Å². The zero-order chi connectivity index (χ0) is 13.9. The number of fused-ring (bicyclic) bond motifs is 1. The van der Waals surface area contributed by atoms with Gasteiger partial charge in [0.1, 0.15) is 5.01 Å². The summed E-state index contributed by atoms with van der Waals surface area (Å²) in [5, 5.41) is 13.8. The molecule has 0 saturated heterocycles. The zero-order valence-corrected chi connectivity index (χ0v) is 11.9.